The SMILES string of the molecule is CCCC(CCC)(CNC1CC1)c1ccccc1OC. The quantitative estimate of drug-likeness (QED) is 0.726. The molecule has 2 heteroatoms. The summed E-state index contributed by atoms with van der Waals surface area (Å²) in [6.45, 7) is 5.66. The van der Waals surface area contributed by atoms with E-state index in [4.69, 9.17) is 4.74 Å². The predicted octanol–water partition coefficient (Wildman–Crippen LogP) is 4.29. The van der Waals surface area contributed by atoms with E-state index in [0.29, 0.717) is 0 Å². The molecule has 1 aliphatic carbocycles. The molecule has 2 nitrogen and oxygen atoms in total. The van der Waals surface area contributed by atoms with Crippen LogP contribution in [0.15, 0.2) is 24.3 Å². The predicted molar refractivity (Wildman–Crippen MR) is 85.5 cm³/mol. The van der Waals surface area contributed by atoms with Crippen molar-refractivity contribution in [2.45, 2.75) is 63.8 Å². The van der Waals surface area contributed by atoms with E-state index in [2.05, 4.69) is 43.4 Å². The lowest BCUT2D eigenvalue weighted by Crippen LogP contribution is -2.39. The van der Waals surface area contributed by atoms with E-state index < -0.39 is 0 Å². The summed E-state index contributed by atoms with van der Waals surface area (Å²) < 4.78 is 5.64. The Labute approximate surface area is 123 Å². The Balaban J connectivity index is 2.29. The lowest BCUT2D eigenvalue weighted by molar-refractivity contribution is 0.314. The first-order valence-electron chi connectivity index (χ1n) is 8.12. The van der Waals surface area contributed by atoms with Crippen molar-refractivity contribution in [1.29, 1.82) is 0 Å². The Kier molecular flexibility index (Phi) is 5.47. The van der Waals surface area contributed by atoms with E-state index in [1.54, 1.807) is 7.11 Å². The van der Waals surface area contributed by atoms with Crippen LogP contribution in [-0.4, -0.2) is 19.7 Å². The van der Waals surface area contributed by atoms with Crippen molar-refractivity contribution in [3.63, 3.8) is 0 Å². The maximum absolute atomic E-state index is 5.64. The highest BCUT2D eigenvalue weighted by Crippen LogP contribution is 2.39. The topological polar surface area (TPSA) is 21.3 Å². The Morgan fingerprint density at radius 1 is 1.15 bits per heavy atom. The van der Waals surface area contributed by atoms with E-state index in [-0.39, 0.29) is 5.41 Å². The maximum Gasteiger partial charge on any atom is 0.122 e. The molecule has 20 heavy (non-hydrogen) atoms. The summed E-state index contributed by atoms with van der Waals surface area (Å²) in [6.07, 6.45) is 7.57. The number of ether oxygens (including phenoxy) is 1. The summed E-state index contributed by atoms with van der Waals surface area (Å²) in [5.41, 5.74) is 1.61. The lowest BCUT2D eigenvalue weighted by Gasteiger charge is -2.36. The fourth-order valence-corrected chi connectivity index (χ4v) is 3.33. The molecular formula is C18H29NO. The zero-order chi connectivity index (χ0) is 14.4. The third kappa shape index (κ3) is 3.54. The smallest absolute Gasteiger partial charge is 0.122 e. The second-order valence-electron chi connectivity index (χ2n) is 6.14. The molecule has 0 radical (unpaired) electrons. The molecule has 0 unspecified atom stereocenters. The number of nitrogens with one attached hydrogen (secondary N) is 1. The van der Waals surface area contributed by atoms with Crippen molar-refractivity contribution in [3.05, 3.63) is 29.8 Å². The van der Waals surface area contributed by atoms with Gasteiger partial charge in [-0.15, -0.1) is 0 Å². The fraction of sp³-hybridized carbons (Fsp3) is 0.667. The molecule has 0 bridgehead atoms. The van der Waals surface area contributed by atoms with Crippen LogP contribution in [0, 0.1) is 0 Å². The molecule has 0 saturated heterocycles. The Morgan fingerprint density at radius 2 is 1.80 bits per heavy atom. The van der Waals surface area contributed by atoms with Crippen LogP contribution in [0.1, 0.15) is 57.9 Å². The van der Waals surface area contributed by atoms with Crippen LogP contribution in [0.25, 0.3) is 0 Å². The third-order valence-electron chi connectivity index (χ3n) is 4.44. The highest BCUT2D eigenvalue weighted by Gasteiger charge is 2.34. The van der Waals surface area contributed by atoms with Crippen LogP contribution >= 0.6 is 0 Å². The number of hydrogen-bond acceptors (Lipinski definition) is 2. The molecule has 0 spiro atoms. The molecule has 1 fully saturated rings. The Morgan fingerprint density at radius 3 is 2.35 bits per heavy atom. The summed E-state index contributed by atoms with van der Waals surface area (Å²) in [6, 6.07) is 9.34. The van der Waals surface area contributed by atoms with Crippen LogP contribution in [0.2, 0.25) is 0 Å². The normalized spacial score (nSPS) is 15.3. The van der Waals surface area contributed by atoms with Crippen LogP contribution in [0.3, 0.4) is 0 Å². The van der Waals surface area contributed by atoms with Gasteiger partial charge >= 0.3 is 0 Å². The van der Waals surface area contributed by atoms with Gasteiger partial charge in [0.25, 0.3) is 0 Å². The average Bonchev–Trinajstić information content (AvgIpc) is 3.29. The zero-order valence-electron chi connectivity index (χ0n) is 13.2. The second kappa shape index (κ2) is 7.12. The van der Waals surface area contributed by atoms with Gasteiger partial charge in [-0.25, -0.2) is 0 Å². The molecule has 0 aliphatic heterocycles. The van der Waals surface area contributed by atoms with Crippen molar-refractivity contribution >= 4 is 0 Å². The Bertz CT molecular complexity index is 406. The molecule has 0 aromatic heterocycles. The molecule has 0 heterocycles. The molecule has 1 aliphatic rings. The number of para-hydroxylation sites is 1. The van der Waals surface area contributed by atoms with Gasteiger partial charge in [-0.2, -0.15) is 0 Å². The van der Waals surface area contributed by atoms with E-state index in [0.717, 1.165) is 18.3 Å². The molecule has 0 amide bonds. The van der Waals surface area contributed by atoms with Crippen molar-refractivity contribution in [2.24, 2.45) is 0 Å². The van der Waals surface area contributed by atoms with Gasteiger partial charge < -0.3 is 10.1 Å². The van der Waals surface area contributed by atoms with Gasteiger partial charge in [-0.1, -0.05) is 44.9 Å². The molecule has 0 atom stereocenters. The minimum atomic E-state index is 0.221. The van der Waals surface area contributed by atoms with Gasteiger partial charge in [0, 0.05) is 23.6 Å². The summed E-state index contributed by atoms with van der Waals surface area (Å²) in [7, 11) is 1.79. The van der Waals surface area contributed by atoms with Gasteiger partial charge in [0.1, 0.15) is 5.75 Å². The third-order valence-corrected chi connectivity index (χ3v) is 4.44. The van der Waals surface area contributed by atoms with Crippen molar-refractivity contribution < 1.29 is 4.74 Å². The van der Waals surface area contributed by atoms with Gasteiger partial charge in [0.15, 0.2) is 0 Å². The minimum absolute atomic E-state index is 0.221. The first-order chi connectivity index (χ1) is 9.75. The number of rotatable bonds is 9. The standard InChI is InChI=1S/C18H29NO/c1-4-12-18(13-5-2,14-19-15-10-11-15)16-8-6-7-9-17(16)20-3/h6-9,15,19H,4-5,10-14H2,1-3H3. The van der Waals surface area contributed by atoms with Crippen LogP contribution in [0.5, 0.6) is 5.75 Å². The highest BCUT2D eigenvalue weighted by atomic mass is 16.5. The Hall–Kier alpha value is -1.02. The van der Waals surface area contributed by atoms with Crippen molar-refractivity contribution in [3.8, 4) is 5.75 Å². The van der Waals surface area contributed by atoms with Crippen molar-refractivity contribution in [2.75, 3.05) is 13.7 Å². The summed E-state index contributed by atoms with van der Waals surface area (Å²) >= 11 is 0. The molecule has 1 saturated carbocycles. The number of methoxy groups -OCH3 is 1. The maximum atomic E-state index is 5.64. The van der Waals surface area contributed by atoms with Gasteiger partial charge in [0.2, 0.25) is 0 Å². The molecule has 1 aromatic rings. The summed E-state index contributed by atoms with van der Waals surface area (Å²) in [5.74, 6) is 1.05. The lowest BCUT2D eigenvalue weighted by atomic mass is 9.73. The first kappa shape index (κ1) is 15.4. The largest absolute Gasteiger partial charge is 0.496 e. The highest BCUT2D eigenvalue weighted by molar-refractivity contribution is 5.40. The monoisotopic (exact) mass is 275 g/mol. The summed E-state index contributed by atoms with van der Waals surface area (Å²) in [4.78, 5) is 0. The molecular weight excluding hydrogens is 246 g/mol. The number of benzene rings is 1. The minimum Gasteiger partial charge on any atom is -0.496 e. The molecule has 112 valence electrons. The van der Waals surface area contributed by atoms with Gasteiger partial charge in [-0.05, 0) is 31.7 Å². The van der Waals surface area contributed by atoms with E-state index in [9.17, 15) is 0 Å². The summed E-state index contributed by atoms with van der Waals surface area (Å²) in [5, 5.41) is 3.76. The van der Waals surface area contributed by atoms with E-state index >= 15 is 0 Å². The van der Waals surface area contributed by atoms with Crippen LogP contribution in [0.4, 0.5) is 0 Å². The van der Waals surface area contributed by atoms with E-state index in [1.165, 1.54) is 44.1 Å². The van der Waals surface area contributed by atoms with E-state index in [1.807, 2.05) is 0 Å². The van der Waals surface area contributed by atoms with Gasteiger partial charge in [0.05, 0.1) is 7.11 Å². The van der Waals surface area contributed by atoms with Gasteiger partial charge in [-0.3, -0.25) is 0 Å². The van der Waals surface area contributed by atoms with Crippen molar-refractivity contribution in [1.82, 2.24) is 5.32 Å². The first-order valence-corrected chi connectivity index (χ1v) is 8.12. The average molecular weight is 275 g/mol. The number of hydrogen-bond donors (Lipinski definition) is 1. The molecule has 1 aromatic carbocycles. The van der Waals surface area contributed by atoms with Crippen LogP contribution in [-0.2, 0) is 5.41 Å². The molecule has 1 N–H and O–H groups in total. The van der Waals surface area contributed by atoms with Crippen LogP contribution < -0.4 is 10.1 Å². The molecule has 2 rings (SSSR count). The fourth-order valence-electron chi connectivity index (χ4n) is 3.33. The zero-order valence-corrected chi connectivity index (χ0v) is 13.2. The second-order valence-corrected chi connectivity index (χ2v) is 6.14.